The number of phenols is 1. The second kappa shape index (κ2) is 10.3. The van der Waals surface area contributed by atoms with Gasteiger partial charge in [0.15, 0.2) is 6.10 Å². The Hall–Kier alpha value is -3.78. The van der Waals surface area contributed by atoms with Crippen LogP contribution in [-0.2, 0) is 4.74 Å². The van der Waals surface area contributed by atoms with Crippen LogP contribution in [0.3, 0.4) is 0 Å². The summed E-state index contributed by atoms with van der Waals surface area (Å²) in [4.78, 5) is 26.1. The molecule has 0 spiro atoms. The van der Waals surface area contributed by atoms with Crippen LogP contribution in [-0.4, -0.2) is 53.7 Å². The molecule has 2 bridgehead atoms. The number of alkyl carbamates (subject to hydrolysis) is 1. The van der Waals surface area contributed by atoms with Crippen LogP contribution in [0.2, 0.25) is 0 Å². The minimum absolute atomic E-state index is 0.000973. The first-order chi connectivity index (χ1) is 17.8. The number of benzene rings is 3. The second-order valence-corrected chi connectivity index (χ2v) is 10.1. The van der Waals surface area contributed by atoms with Crippen molar-refractivity contribution in [3.8, 4) is 5.75 Å². The number of nitrogens with zero attached hydrogens (tertiary/aromatic N) is 1. The number of ketones is 1. The Bertz CT molecular complexity index is 1240. The molecular weight excluding hydrogens is 478 g/mol. The van der Waals surface area contributed by atoms with Crippen LogP contribution in [0.15, 0.2) is 72.8 Å². The molecule has 37 heavy (non-hydrogen) atoms. The topological polar surface area (TPSA) is 75.6 Å². The second-order valence-electron chi connectivity index (χ2n) is 10.1. The number of hydrogen-bond acceptors (Lipinski definition) is 4. The third-order valence-electron chi connectivity index (χ3n) is 7.60. The van der Waals surface area contributed by atoms with Crippen molar-refractivity contribution in [2.45, 2.75) is 25.0 Å². The average Bonchev–Trinajstić information content (AvgIpc) is 2.88. The lowest BCUT2D eigenvalue weighted by molar-refractivity contribution is -0.936. The first kappa shape index (κ1) is 24.9. The summed E-state index contributed by atoms with van der Waals surface area (Å²) in [7, 11) is 0. The van der Waals surface area contributed by atoms with Gasteiger partial charge in [-0.05, 0) is 65.6 Å². The summed E-state index contributed by atoms with van der Waals surface area (Å²) >= 11 is 0. The molecule has 0 aliphatic carbocycles. The van der Waals surface area contributed by atoms with Gasteiger partial charge in [0.1, 0.15) is 23.9 Å². The van der Waals surface area contributed by atoms with Crippen LogP contribution in [0.25, 0.3) is 0 Å². The first-order valence-electron chi connectivity index (χ1n) is 12.5. The molecule has 3 aliphatic rings. The zero-order valence-corrected chi connectivity index (χ0v) is 20.3. The van der Waals surface area contributed by atoms with Crippen LogP contribution in [0.5, 0.6) is 5.75 Å². The minimum atomic E-state index is -0.980. The molecular formula is C29H29F2N2O4+. The van der Waals surface area contributed by atoms with E-state index in [1.54, 1.807) is 24.3 Å². The predicted octanol–water partition coefficient (Wildman–Crippen LogP) is 4.98. The number of nitrogens with one attached hydrogen (secondary N) is 1. The SMILES string of the molecule is O=C(N[C@H]1C[N+]2(CC(=O)c3ccc(O)cc3)CCC1CC2)OC(c1cccc(F)c1)c1cccc(F)c1. The third-order valence-corrected chi connectivity index (χ3v) is 7.60. The van der Waals surface area contributed by atoms with Gasteiger partial charge in [0.25, 0.3) is 0 Å². The molecule has 3 aromatic carbocycles. The van der Waals surface area contributed by atoms with E-state index in [2.05, 4.69) is 5.32 Å². The number of carbonyl (C=O) groups is 2. The van der Waals surface area contributed by atoms with Crippen molar-refractivity contribution >= 4 is 11.9 Å². The van der Waals surface area contributed by atoms with Gasteiger partial charge in [0, 0.05) is 18.4 Å². The number of Topliss-reactive ketones (excluding diaryl/α,β-unsaturated/α-hetero) is 1. The quantitative estimate of drug-likeness (QED) is 0.350. The standard InChI is InChI=1S/C29H28F2N2O4/c30-23-5-1-3-21(15-23)28(22-4-2-6-24(31)16-22)37-29(36)32-26-17-33(13-11-19(26)12-14-33)18-27(35)20-7-9-25(34)10-8-20/h1-10,15-16,19,26,28H,11-14,17-18H2,(H-,32,34,35,36)/p+1/t19?,26-,33?/m0/s1. The molecule has 3 aromatic rings. The number of piperidine rings is 3. The van der Waals surface area contributed by atoms with Gasteiger partial charge in [-0.15, -0.1) is 0 Å². The fourth-order valence-corrected chi connectivity index (χ4v) is 5.68. The summed E-state index contributed by atoms with van der Waals surface area (Å²) in [6, 6.07) is 17.5. The Balaban J connectivity index is 1.29. The van der Waals surface area contributed by atoms with E-state index in [1.165, 1.54) is 48.5 Å². The van der Waals surface area contributed by atoms with Gasteiger partial charge in [0.2, 0.25) is 5.78 Å². The summed E-state index contributed by atoms with van der Waals surface area (Å²) in [6.45, 7) is 2.64. The van der Waals surface area contributed by atoms with E-state index in [4.69, 9.17) is 4.74 Å². The normalized spacial score (nSPS) is 22.6. The summed E-state index contributed by atoms with van der Waals surface area (Å²) < 4.78 is 34.2. The molecule has 0 radical (unpaired) electrons. The van der Waals surface area contributed by atoms with E-state index in [-0.39, 0.29) is 23.5 Å². The van der Waals surface area contributed by atoms with Crippen molar-refractivity contribution < 1.29 is 32.7 Å². The number of rotatable bonds is 7. The number of carbonyl (C=O) groups excluding carboxylic acids is 2. The van der Waals surface area contributed by atoms with Gasteiger partial charge in [-0.1, -0.05) is 24.3 Å². The lowest BCUT2D eigenvalue weighted by atomic mass is 9.81. The van der Waals surface area contributed by atoms with Crippen molar-refractivity contribution in [2.24, 2.45) is 5.92 Å². The summed E-state index contributed by atoms with van der Waals surface area (Å²) in [5.74, 6) is -0.577. The van der Waals surface area contributed by atoms with Gasteiger partial charge in [-0.2, -0.15) is 0 Å². The number of phenolic OH excluding ortho intramolecular Hbond substituents is 1. The van der Waals surface area contributed by atoms with Gasteiger partial charge in [0.05, 0.1) is 25.7 Å². The number of ether oxygens (including phenoxy) is 1. The molecule has 6 rings (SSSR count). The highest BCUT2D eigenvalue weighted by atomic mass is 19.1. The molecule has 3 saturated heterocycles. The molecule has 0 aromatic heterocycles. The smallest absolute Gasteiger partial charge is 0.408 e. The highest BCUT2D eigenvalue weighted by Crippen LogP contribution is 2.35. The van der Waals surface area contributed by atoms with E-state index in [0.29, 0.717) is 34.3 Å². The molecule has 8 heteroatoms. The van der Waals surface area contributed by atoms with Crippen LogP contribution < -0.4 is 5.32 Å². The monoisotopic (exact) mass is 507 g/mol. The highest BCUT2D eigenvalue weighted by Gasteiger charge is 2.47. The summed E-state index contributed by atoms with van der Waals surface area (Å²) in [6.07, 6.45) is 0.114. The number of aromatic hydroxyl groups is 1. The maximum Gasteiger partial charge on any atom is 0.408 e. The van der Waals surface area contributed by atoms with E-state index < -0.39 is 23.8 Å². The number of quaternary nitrogens is 1. The molecule has 1 atom stereocenters. The van der Waals surface area contributed by atoms with Crippen molar-refractivity contribution in [3.63, 3.8) is 0 Å². The Kier molecular flexibility index (Phi) is 6.93. The predicted molar refractivity (Wildman–Crippen MR) is 133 cm³/mol. The van der Waals surface area contributed by atoms with Gasteiger partial charge < -0.3 is 19.6 Å². The zero-order chi connectivity index (χ0) is 26.0. The van der Waals surface area contributed by atoms with E-state index in [1.807, 2.05) is 0 Å². The van der Waals surface area contributed by atoms with E-state index in [9.17, 15) is 23.5 Å². The lowest BCUT2D eigenvalue weighted by Gasteiger charge is -2.52. The molecule has 0 unspecified atom stereocenters. The van der Waals surface area contributed by atoms with Crippen LogP contribution >= 0.6 is 0 Å². The zero-order valence-electron chi connectivity index (χ0n) is 20.3. The Morgan fingerprint density at radius 1 is 0.946 bits per heavy atom. The fourth-order valence-electron chi connectivity index (χ4n) is 5.68. The Morgan fingerprint density at radius 3 is 2.11 bits per heavy atom. The number of halogens is 2. The number of fused-ring (bicyclic) bond motifs is 3. The molecule has 0 saturated carbocycles. The largest absolute Gasteiger partial charge is 0.508 e. The van der Waals surface area contributed by atoms with Crippen molar-refractivity contribution in [2.75, 3.05) is 26.2 Å². The molecule has 3 fully saturated rings. The third kappa shape index (κ3) is 5.64. The van der Waals surface area contributed by atoms with Crippen LogP contribution in [0.4, 0.5) is 13.6 Å². The lowest BCUT2D eigenvalue weighted by Crippen LogP contribution is -2.68. The molecule has 1 amide bonds. The molecule has 2 N–H and O–H groups in total. The maximum atomic E-state index is 14.0. The number of hydrogen-bond donors (Lipinski definition) is 2. The van der Waals surface area contributed by atoms with Crippen LogP contribution in [0.1, 0.15) is 40.4 Å². The average molecular weight is 508 g/mol. The van der Waals surface area contributed by atoms with Gasteiger partial charge >= 0.3 is 6.09 Å². The van der Waals surface area contributed by atoms with E-state index in [0.717, 1.165) is 25.9 Å². The minimum Gasteiger partial charge on any atom is -0.508 e. The van der Waals surface area contributed by atoms with Crippen molar-refractivity contribution in [1.29, 1.82) is 0 Å². The highest BCUT2D eigenvalue weighted by molar-refractivity contribution is 5.97. The van der Waals surface area contributed by atoms with Crippen LogP contribution in [0, 0.1) is 17.6 Å². The van der Waals surface area contributed by atoms with Gasteiger partial charge in [-0.3, -0.25) is 4.79 Å². The summed E-state index contributed by atoms with van der Waals surface area (Å²) in [5, 5.41) is 12.5. The Morgan fingerprint density at radius 2 is 1.54 bits per heavy atom. The molecule has 6 nitrogen and oxygen atoms in total. The molecule has 192 valence electrons. The maximum absolute atomic E-state index is 14.0. The number of amides is 1. The Labute approximate surface area is 214 Å². The molecule has 3 aliphatic heterocycles. The fraction of sp³-hybridized carbons (Fsp3) is 0.310. The first-order valence-corrected chi connectivity index (χ1v) is 12.5. The van der Waals surface area contributed by atoms with Crippen molar-refractivity contribution in [1.82, 2.24) is 5.32 Å². The van der Waals surface area contributed by atoms with Crippen molar-refractivity contribution in [3.05, 3.63) is 101 Å². The molecule has 3 heterocycles. The van der Waals surface area contributed by atoms with E-state index >= 15 is 0 Å². The summed E-state index contributed by atoms with van der Waals surface area (Å²) in [5.41, 5.74) is 1.35. The van der Waals surface area contributed by atoms with Gasteiger partial charge in [-0.25, -0.2) is 13.6 Å².